The van der Waals surface area contributed by atoms with Crippen molar-refractivity contribution in [3.05, 3.63) is 29.3 Å². The molecule has 0 bridgehead atoms. The van der Waals surface area contributed by atoms with Crippen molar-refractivity contribution in [2.75, 3.05) is 11.4 Å². The van der Waals surface area contributed by atoms with Crippen LogP contribution in [0.1, 0.15) is 30.9 Å². The van der Waals surface area contributed by atoms with E-state index >= 15 is 0 Å². The van der Waals surface area contributed by atoms with E-state index in [0.29, 0.717) is 6.42 Å². The van der Waals surface area contributed by atoms with Crippen LogP contribution in [-0.2, 0) is 9.59 Å². The first-order valence-corrected chi connectivity index (χ1v) is 5.87. The predicted molar refractivity (Wildman–Crippen MR) is 74.3 cm³/mol. The van der Waals surface area contributed by atoms with Crippen molar-refractivity contribution in [2.24, 2.45) is 0 Å². The average Bonchev–Trinajstić information content (AvgIpc) is 2.64. The summed E-state index contributed by atoms with van der Waals surface area (Å²) in [5.41, 5.74) is 3.50. The Kier molecular flexibility index (Phi) is 6.90. The zero-order chi connectivity index (χ0) is 12.8. The van der Waals surface area contributed by atoms with Crippen molar-refractivity contribution in [1.82, 2.24) is 6.15 Å². The van der Waals surface area contributed by atoms with E-state index in [9.17, 15) is 4.79 Å². The summed E-state index contributed by atoms with van der Waals surface area (Å²) in [4.78, 5) is 22.2. The summed E-state index contributed by atoms with van der Waals surface area (Å²) in [6, 6.07) is 6.29. The molecule has 1 amide bonds. The van der Waals surface area contributed by atoms with Gasteiger partial charge in [-0.2, -0.15) is 0 Å². The highest BCUT2D eigenvalue weighted by molar-refractivity contribution is 5.95. The molecule has 1 aromatic rings. The van der Waals surface area contributed by atoms with Crippen LogP contribution in [0.2, 0.25) is 0 Å². The second-order valence-electron chi connectivity index (χ2n) is 4.23. The smallest absolute Gasteiger partial charge is 0.227 e. The molecule has 1 heterocycles. The van der Waals surface area contributed by atoms with E-state index in [1.54, 1.807) is 0 Å². The van der Waals surface area contributed by atoms with Gasteiger partial charge in [0.2, 0.25) is 5.91 Å². The largest absolute Gasteiger partial charge is 0.344 e. The molecule has 18 heavy (non-hydrogen) atoms. The number of aryl methyl sites for hydroxylation is 2. The Bertz CT molecular complexity index is 396. The first kappa shape index (κ1) is 16.3. The standard InChI is InChI=1S/C12H15NO.C2H4O.H3N/c1-9-6-10(2)8-11(7-9)13-5-3-4-12(13)14;1-2-3;/h6-8H,3-5H2,1-2H3;2H,1H3;1H3. The molecule has 0 spiro atoms. The molecule has 1 aliphatic rings. The predicted octanol–water partition coefficient (Wildman–Crippen LogP) is 2.80. The molecule has 0 unspecified atom stereocenters. The molecule has 1 aliphatic heterocycles. The van der Waals surface area contributed by atoms with Gasteiger partial charge in [0.25, 0.3) is 0 Å². The molecule has 2 rings (SSSR count). The Morgan fingerprint density at radius 3 is 2.06 bits per heavy atom. The van der Waals surface area contributed by atoms with Gasteiger partial charge in [-0.25, -0.2) is 0 Å². The molecule has 0 atom stereocenters. The lowest BCUT2D eigenvalue weighted by molar-refractivity contribution is -0.117. The van der Waals surface area contributed by atoms with Crippen LogP contribution >= 0.6 is 0 Å². The number of anilines is 1. The molecule has 0 radical (unpaired) electrons. The molecule has 1 fully saturated rings. The lowest BCUT2D eigenvalue weighted by Crippen LogP contribution is -2.23. The summed E-state index contributed by atoms with van der Waals surface area (Å²) in [5, 5.41) is 0. The SMILES string of the molecule is CC=O.Cc1cc(C)cc(N2CCCC2=O)c1.N. The van der Waals surface area contributed by atoms with Crippen molar-refractivity contribution < 1.29 is 9.59 Å². The summed E-state index contributed by atoms with van der Waals surface area (Å²) in [5.74, 6) is 0.259. The third kappa shape index (κ3) is 4.30. The van der Waals surface area contributed by atoms with E-state index in [-0.39, 0.29) is 12.1 Å². The second-order valence-corrected chi connectivity index (χ2v) is 4.23. The molecule has 0 aliphatic carbocycles. The summed E-state index contributed by atoms with van der Waals surface area (Å²) >= 11 is 0. The topological polar surface area (TPSA) is 72.4 Å². The number of amides is 1. The van der Waals surface area contributed by atoms with Crippen molar-refractivity contribution in [3.8, 4) is 0 Å². The number of carbonyl (C=O) groups excluding carboxylic acids is 2. The van der Waals surface area contributed by atoms with E-state index in [1.165, 1.54) is 18.1 Å². The van der Waals surface area contributed by atoms with Crippen molar-refractivity contribution in [2.45, 2.75) is 33.6 Å². The van der Waals surface area contributed by atoms with Gasteiger partial charge in [-0.05, 0) is 50.5 Å². The maximum absolute atomic E-state index is 11.5. The van der Waals surface area contributed by atoms with Crippen LogP contribution in [0.15, 0.2) is 18.2 Å². The van der Waals surface area contributed by atoms with Gasteiger partial charge in [-0.15, -0.1) is 0 Å². The molecular weight excluding hydrogens is 228 g/mol. The number of hydrogen-bond acceptors (Lipinski definition) is 3. The fourth-order valence-electron chi connectivity index (χ4n) is 2.03. The first-order chi connectivity index (χ1) is 8.08. The average molecular weight is 250 g/mol. The first-order valence-electron chi connectivity index (χ1n) is 5.87. The molecule has 4 heteroatoms. The highest BCUT2D eigenvalue weighted by Gasteiger charge is 2.21. The van der Waals surface area contributed by atoms with Crippen molar-refractivity contribution in [1.29, 1.82) is 0 Å². The van der Waals surface area contributed by atoms with Crippen molar-refractivity contribution in [3.63, 3.8) is 0 Å². The summed E-state index contributed by atoms with van der Waals surface area (Å²) in [6.45, 7) is 6.45. The third-order valence-electron chi connectivity index (χ3n) is 2.59. The Labute approximate surface area is 109 Å². The van der Waals surface area contributed by atoms with Gasteiger partial charge >= 0.3 is 0 Å². The Morgan fingerprint density at radius 2 is 1.67 bits per heavy atom. The van der Waals surface area contributed by atoms with E-state index in [4.69, 9.17) is 4.79 Å². The van der Waals surface area contributed by atoms with Gasteiger partial charge < -0.3 is 15.8 Å². The van der Waals surface area contributed by atoms with Crippen LogP contribution in [0.5, 0.6) is 0 Å². The molecule has 0 aromatic heterocycles. The fourth-order valence-corrected chi connectivity index (χ4v) is 2.03. The maximum Gasteiger partial charge on any atom is 0.227 e. The molecular formula is C14H22N2O2. The van der Waals surface area contributed by atoms with E-state index in [1.807, 2.05) is 4.90 Å². The lowest BCUT2D eigenvalue weighted by atomic mass is 10.1. The van der Waals surface area contributed by atoms with Gasteiger partial charge in [0, 0.05) is 18.7 Å². The van der Waals surface area contributed by atoms with Gasteiger partial charge in [-0.1, -0.05) is 6.07 Å². The maximum atomic E-state index is 11.5. The normalized spacial score (nSPS) is 13.5. The van der Waals surface area contributed by atoms with Crippen LogP contribution in [0.25, 0.3) is 0 Å². The molecule has 3 N–H and O–H groups in total. The third-order valence-corrected chi connectivity index (χ3v) is 2.59. The zero-order valence-corrected chi connectivity index (χ0v) is 11.4. The van der Waals surface area contributed by atoms with Gasteiger partial charge in [0.1, 0.15) is 6.29 Å². The highest BCUT2D eigenvalue weighted by Crippen LogP contribution is 2.23. The minimum Gasteiger partial charge on any atom is -0.344 e. The molecule has 0 saturated carbocycles. The Balaban J connectivity index is 0.000000660. The minimum absolute atomic E-state index is 0. The van der Waals surface area contributed by atoms with Crippen molar-refractivity contribution >= 4 is 17.9 Å². The quantitative estimate of drug-likeness (QED) is 0.779. The minimum atomic E-state index is 0. The number of hydrogen-bond donors (Lipinski definition) is 1. The lowest BCUT2D eigenvalue weighted by Gasteiger charge is -2.16. The summed E-state index contributed by atoms with van der Waals surface area (Å²) < 4.78 is 0. The molecule has 4 nitrogen and oxygen atoms in total. The van der Waals surface area contributed by atoms with E-state index in [2.05, 4.69) is 32.0 Å². The number of benzene rings is 1. The number of rotatable bonds is 1. The summed E-state index contributed by atoms with van der Waals surface area (Å²) in [7, 11) is 0. The van der Waals surface area contributed by atoms with Crippen LogP contribution in [0.4, 0.5) is 5.69 Å². The van der Waals surface area contributed by atoms with E-state index < -0.39 is 0 Å². The number of carbonyl (C=O) groups is 2. The Hall–Kier alpha value is -1.68. The number of aldehydes is 1. The monoisotopic (exact) mass is 250 g/mol. The van der Waals surface area contributed by atoms with Crippen LogP contribution in [0.3, 0.4) is 0 Å². The van der Waals surface area contributed by atoms with Crippen LogP contribution < -0.4 is 11.1 Å². The molecule has 1 saturated heterocycles. The highest BCUT2D eigenvalue weighted by atomic mass is 16.2. The van der Waals surface area contributed by atoms with Crippen LogP contribution in [-0.4, -0.2) is 18.7 Å². The fraction of sp³-hybridized carbons (Fsp3) is 0.429. The number of nitrogens with zero attached hydrogens (tertiary/aromatic N) is 1. The van der Waals surface area contributed by atoms with Gasteiger partial charge in [-0.3, -0.25) is 4.79 Å². The van der Waals surface area contributed by atoms with E-state index in [0.717, 1.165) is 24.9 Å². The second kappa shape index (κ2) is 7.61. The molecule has 1 aromatic carbocycles. The Morgan fingerprint density at radius 1 is 1.17 bits per heavy atom. The van der Waals surface area contributed by atoms with Gasteiger partial charge in [0.15, 0.2) is 0 Å². The summed E-state index contributed by atoms with van der Waals surface area (Å²) in [6.07, 6.45) is 2.44. The molecule has 100 valence electrons. The zero-order valence-electron chi connectivity index (χ0n) is 11.4. The van der Waals surface area contributed by atoms with Gasteiger partial charge in [0.05, 0.1) is 0 Å². The van der Waals surface area contributed by atoms with Crippen LogP contribution in [0, 0.1) is 13.8 Å².